The average Bonchev–Trinajstić information content (AvgIpc) is 2.74. The molecule has 1 aliphatic rings. The number of carboxylic acids is 1. The van der Waals surface area contributed by atoms with Gasteiger partial charge in [-0.05, 0) is 18.9 Å². The summed E-state index contributed by atoms with van der Waals surface area (Å²) in [4.78, 5) is 11.2. The van der Waals surface area contributed by atoms with E-state index in [0.29, 0.717) is 11.5 Å². The second-order valence-corrected chi connectivity index (χ2v) is 4.54. The molecule has 4 nitrogen and oxygen atoms in total. The third kappa shape index (κ3) is 2.33. The van der Waals surface area contributed by atoms with Gasteiger partial charge in [0.1, 0.15) is 6.54 Å². The van der Waals surface area contributed by atoms with Crippen molar-refractivity contribution in [2.45, 2.75) is 44.6 Å². The van der Waals surface area contributed by atoms with E-state index in [1.54, 1.807) is 16.8 Å². The lowest BCUT2D eigenvalue weighted by Crippen LogP contribution is -2.14. The summed E-state index contributed by atoms with van der Waals surface area (Å²) in [7, 11) is 0. The highest BCUT2D eigenvalue weighted by atomic mass is 16.4. The van der Waals surface area contributed by atoms with Crippen LogP contribution in [-0.2, 0) is 6.54 Å². The second kappa shape index (κ2) is 5.05. The van der Waals surface area contributed by atoms with Gasteiger partial charge in [-0.2, -0.15) is 5.26 Å². The van der Waals surface area contributed by atoms with Gasteiger partial charge in [-0.25, -0.2) is 4.79 Å². The number of carboxylic acid groups (broad SMARTS) is 1. The Balaban J connectivity index is 2.36. The van der Waals surface area contributed by atoms with Gasteiger partial charge >= 0.3 is 5.97 Å². The van der Waals surface area contributed by atoms with Gasteiger partial charge in [-0.3, -0.25) is 0 Å². The Hall–Kier alpha value is -1.76. The largest absolute Gasteiger partial charge is 0.478 e. The molecule has 1 saturated carbocycles. The number of hydrogen-bond donors (Lipinski definition) is 1. The quantitative estimate of drug-likeness (QED) is 0.871. The predicted octanol–water partition coefficient (Wildman–Crippen LogP) is 2.76. The summed E-state index contributed by atoms with van der Waals surface area (Å²) in [6.07, 6.45) is 7.34. The molecule has 1 aliphatic carbocycles. The first-order valence-electron chi connectivity index (χ1n) is 6.03. The zero-order chi connectivity index (χ0) is 12.3. The number of aromatic carboxylic acids is 1. The number of hydrogen-bond acceptors (Lipinski definition) is 2. The predicted molar refractivity (Wildman–Crippen MR) is 62.8 cm³/mol. The molecule has 1 heterocycles. The van der Waals surface area contributed by atoms with Crippen LogP contribution in [0.4, 0.5) is 0 Å². The van der Waals surface area contributed by atoms with E-state index >= 15 is 0 Å². The first kappa shape index (κ1) is 11.7. The van der Waals surface area contributed by atoms with Crippen LogP contribution in [-0.4, -0.2) is 15.6 Å². The summed E-state index contributed by atoms with van der Waals surface area (Å²) in [6.45, 7) is 0.235. The molecule has 1 fully saturated rings. The number of rotatable bonds is 3. The Labute approximate surface area is 100 Å². The van der Waals surface area contributed by atoms with Crippen molar-refractivity contribution in [2.24, 2.45) is 0 Å². The first-order valence-corrected chi connectivity index (χ1v) is 6.03. The Morgan fingerprint density at radius 1 is 1.47 bits per heavy atom. The van der Waals surface area contributed by atoms with Crippen molar-refractivity contribution in [1.82, 2.24) is 4.57 Å². The summed E-state index contributed by atoms with van der Waals surface area (Å²) < 4.78 is 1.79. The third-order valence-corrected chi connectivity index (χ3v) is 3.47. The summed E-state index contributed by atoms with van der Waals surface area (Å²) in [5.74, 6) is -0.583. The molecule has 0 spiro atoms. The summed E-state index contributed by atoms with van der Waals surface area (Å²) in [6, 6.07) is 3.70. The zero-order valence-corrected chi connectivity index (χ0v) is 9.72. The highest BCUT2D eigenvalue weighted by Crippen LogP contribution is 2.34. The van der Waals surface area contributed by atoms with Gasteiger partial charge in [-0.1, -0.05) is 19.3 Å². The van der Waals surface area contributed by atoms with Crippen LogP contribution in [0.15, 0.2) is 12.3 Å². The molecule has 1 aromatic rings. The molecule has 0 bridgehead atoms. The molecule has 0 aromatic carbocycles. The van der Waals surface area contributed by atoms with E-state index in [9.17, 15) is 9.90 Å². The molecule has 0 unspecified atom stereocenters. The van der Waals surface area contributed by atoms with Crippen molar-refractivity contribution in [3.8, 4) is 6.07 Å². The van der Waals surface area contributed by atoms with Crippen LogP contribution in [0.2, 0.25) is 0 Å². The van der Waals surface area contributed by atoms with Crippen LogP contribution >= 0.6 is 0 Å². The molecule has 0 radical (unpaired) electrons. The summed E-state index contributed by atoms with van der Waals surface area (Å²) >= 11 is 0. The molecular weight excluding hydrogens is 216 g/mol. The first-order chi connectivity index (χ1) is 8.24. The van der Waals surface area contributed by atoms with Crippen molar-refractivity contribution in [3.63, 3.8) is 0 Å². The minimum Gasteiger partial charge on any atom is -0.478 e. The maximum absolute atomic E-state index is 11.2. The van der Waals surface area contributed by atoms with Gasteiger partial charge in [0.2, 0.25) is 0 Å². The van der Waals surface area contributed by atoms with E-state index in [-0.39, 0.29) is 6.54 Å². The molecular formula is C13H16N2O2. The van der Waals surface area contributed by atoms with E-state index in [1.165, 1.54) is 6.42 Å². The molecule has 0 saturated heterocycles. The number of carbonyl (C=O) groups is 1. The molecule has 2 rings (SSSR count). The van der Waals surface area contributed by atoms with Crippen molar-refractivity contribution in [2.75, 3.05) is 0 Å². The fourth-order valence-electron chi connectivity index (χ4n) is 2.71. The summed E-state index contributed by atoms with van der Waals surface area (Å²) in [5.41, 5.74) is 1.21. The lowest BCUT2D eigenvalue weighted by molar-refractivity contribution is 0.0694. The molecule has 90 valence electrons. The van der Waals surface area contributed by atoms with E-state index in [2.05, 4.69) is 6.07 Å². The molecule has 1 aromatic heterocycles. The van der Waals surface area contributed by atoms with E-state index in [1.807, 2.05) is 0 Å². The Bertz CT molecular complexity index is 450. The number of nitrogens with zero attached hydrogens (tertiary/aromatic N) is 2. The van der Waals surface area contributed by atoms with Gasteiger partial charge in [0.15, 0.2) is 0 Å². The lowest BCUT2D eigenvalue weighted by Gasteiger charge is -2.23. The van der Waals surface area contributed by atoms with Crippen LogP contribution in [0, 0.1) is 11.3 Å². The zero-order valence-electron chi connectivity index (χ0n) is 9.72. The molecule has 1 N–H and O–H groups in total. The van der Waals surface area contributed by atoms with Gasteiger partial charge in [0.05, 0.1) is 11.6 Å². The van der Waals surface area contributed by atoms with E-state index < -0.39 is 5.97 Å². The maximum atomic E-state index is 11.2. The fraction of sp³-hybridized carbons (Fsp3) is 0.538. The topological polar surface area (TPSA) is 66.0 Å². The number of nitriles is 1. The smallest absolute Gasteiger partial charge is 0.337 e. The molecule has 17 heavy (non-hydrogen) atoms. The minimum absolute atomic E-state index is 0.235. The van der Waals surface area contributed by atoms with Crippen LogP contribution in [0.25, 0.3) is 0 Å². The van der Waals surface area contributed by atoms with Crippen LogP contribution in [0.1, 0.15) is 54.1 Å². The maximum Gasteiger partial charge on any atom is 0.337 e. The fourth-order valence-corrected chi connectivity index (χ4v) is 2.71. The van der Waals surface area contributed by atoms with Gasteiger partial charge in [-0.15, -0.1) is 0 Å². The molecule has 0 aliphatic heterocycles. The lowest BCUT2D eigenvalue weighted by atomic mass is 9.85. The Morgan fingerprint density at radius 2 is 2.18 bits per heavy atom. The SMILES string of the molecule is N#CCn1ccc(C(=O)O)c1C1CCCCC1. The van der Waals surface area contributed by atoms with Crippen LogP contribution in [0.5, 0.6) is 0 Å². The van der Waals surface area contributed by atoms with Gasteiger partial charge in [0.25, 0.3) is 0 Å². The van der Waals surface area contributed by atoms with Crippen LogP contribution in [0.3, 0.4) is 0 Å². The van der Waals surface area contributed by atoms with Crippen molar-refractivity contribution in [3.05, 3.63) is 23.5 Å². The van der Waals surface area contributed by atoms with E-state index in [0.717, 1.165) is 31.4 Å². The van der Waals surface area contributed by atoms with E-state index in [4.69, 9.17) is 5.26 Å². The van der Waals surface area contributed by atoms with Crippen molar-refractivity contribution < 1.29 is 9.90 Å². The average molecular weight is 232 g/mol. The van der Waals surface area contributed by atoms with Crippen molar-refractivity contribution in [1.29, 1.82) is 5.26 Å². The van der Waals surface area contributed by atoms with Crippen molar-refractivity contribution >= 4 is 5.97 Å². The monoisotopic (exact) mass is 232 g/mol. The molecule has 0 amide bonds. The van der Waals surface area contributed by atoms with Gasteiger partial charge in [0, 0.05) is 17.8 Å². The minimum atomic E-state index is -0.887. The molecule has 0 atom stereocenters. The number of aromatic nitrogens is 1. The third-order valence-electron chi connectivity index (χ3n) is 3.47. The normalized spacial score (nSPS) is 16.6. The Morgan fingerprint density at radius 3 is 2.76 bits per heavy atom. The standard InChI is InChI=1S/C13H16N2O2/c14-7-9-15-8-6-11(13(16)17)12(15)10-4-2-1-3-5-10/h6,8,10H,1-5,9H2,(H,16,17). The van der Waals surface area contributed by atoms with Gasteiger partial charge < -0.3 is 9.67 Å². The Kier molecular flexibility index (Phi) is 3.48. The summed E-state index contributed by atoms with van der Waals surface area (Å²) in [5, 5.41) is 18.0. The highest BCUT2D eigenvalue weighted by Gasteiger charge is 2.24. The van der Waals surface area contributed by atoms with Crippen LogP contribution < -0.4 is 0 Å². The molecule has 4 heteroatoms. The second-order valence-electron chi connectivity index (χ2n) is 4.54. The highest BCUT2D eigenvalue weighted by molar-refractivity contribution is 5.89.